The van der Waals surface area contributed by atoms with Gasteiger partial charge in [-0.05, 0) is 48.4 Å². The molecule has 0 aliphatic carbocycles. The molecule has 1 amide bonds. The summed E-state index contributed by atoms with van der Waals surface area (Å²) in [5.74, 6) is -0.899. The van der Waals surface area contributed by atoms with E-state index < -0.39 is 11.9 Å². The highest BCUT2D eigenvalue weighted by Gasteiger charge is 2.22. The van der Waals surface area contributed by atoms with Gasteiger partial charge in [0.25, 0.3) is 0 Å². The van der Waals surface area contributed by atoms with Crippen LogP contribution in [0.5, 0.6) is 0 Å². The normalized spacial score (nSPS) is 10.9. The van der Waals surface area contributed by atoms with Gasteiger partial charge in [0, 0.05) is 22.0 Å². The van der Waals surface area contributed by atoms with Crippen molar-refractivity contribution < 1.29 is 14.3 Å². The maximum absolute atomic E-state index is 12.6. The number of thiophene rings is 1. The van der Waals surface area contributed by atoms with Crippen molar-refractivity contribution in [3.05, 3.63) is 80.1 Å². The third kappa shape index (κ3) is 5.43. The first-order chi connectivity index (χ1) is 14.4. The average Bonchev–Trinajstić information content (AvgIpc) is 3.13. The van der Waals surface area contributed by atoms with E-state index in [0.717, 1.165) is 11.1 Å². The summed E-state index contributed by atoms with van der Waals surface area (Å²) in [6.45, 7) is 1.95. The smallest absolute Gasteiger partial charge is 0.341 e. The van der Waals surface area contributed by atoms with Crippen LogP contribution >= 0.6 is 46.1 Å². The summed E-state index contributed by atoms with van der Waals surface area (Å²) in [7, 11) is 0. The lowest BCUT2D eigenvalue weighted by Crippen LogP contribution is -2.12. The second-order valence-electron chi connectivity index (χ2n) is 6.08. The Kier molecular flexibility index (Phi) is 7.56. The van der Waals surface area contributed by atoms with Crippen LogP contribution in [0.1, 0.15) is 22.8 Å². The van der Waals surface area contributed by atoms with Crippen LogP contribution in [0.2, 0.25) is 15.1 Å². The van der Waals surface area contributed by atoms with Gasteiger partial charge in [-0.15, -0.1) is 11.3 Å². The highest BCUT2D eigenvalue weighted by Crippen LogP contribution is 2.36. The van der Waals surface area contributed by atoms with Crippen LogP contribution in [0.3, 0.4) is 0 Å². The summed E-state index contributed by atoms with van der Waals surface area (Å²) in [6.07, 6.45) is 2.96. The molecule has 2 aromatic carbocycles. The molecule has 8 heteroatoms. The van der Waals surface area contributed by atoms with Crippen molar-refractivity contribution in [1.29, 1.82) is 0 Å². The van der Waals surface area contributed by atoms with Gasteiger partial charge in [-0.1, -0.05) is 53.0 Å². The van der Waals surface area contributed by atoms with Gasteiger partial charge in [0.05, 0.1) is 16.7 Å². The van der Waals surface area contributed by atoms with Crippen LogP contribution in [0.25, 0.3) is 17.2 Å². The van der Waals surface area contributed by atoms with Crippen LogP contribution in [0.4, 0.5) is 5.00 Å². The van der Waals surface area contributed by atoms with Crippen molar-refractivity contribution in [2.45, 2.75) is 6.92 Å². The molecule has 0 atom stereocenters. The fourth-order valence-corrected chi connectivity index (χ4v) is 4.03. The highest BCUT2D eigenvalue weighted by molar-refractivity contribution is 7.15. The van der Waals surface area contributed by atoms with Crippen LogP contribution < -0.4 is 5.32 Å². The Balaban J connectivity index is 1.86. The molecule has 0 aliphatic rings. The van der Waals surface area contributed by atoms with Crippen molar-refractivity contribution in [2.75, 3.05) is 11.9 Å². The molecule has 1 heterocycles. The number of benzene rings is 2. The maximum atomic E-state index is 12.6. The molecular weight excluding hydrogens is 465 g/mol. The Morgan fingerprint density at radius 1 is 1.07 bits per heavy atom. The van der Waals surface area contributed by atoms with Gasteiger partial charge in [-0.3, -0.25) is 4.79 Å². The second kappa shape index (κ2) is 10.1. The number of hydrogen-bond donors (Lipinski definition) is 1. The SMILES string of the molecule is CCOC(=O)c1c(-c2ccc(Cl)cc2)csc1NC(=O)C=Cc1ccc(Cl)c(Cl)c1. The summed E-state index contributed by atoms with van der Waals surface area (Å²) < 4.78 is 5.19. The molecule has 0 bridgehead atoms. The van der Waals surface area contributed by atoms with Crippen LogP contribution in [-0.4, -0.2) is 18.5 Å². The first kappa shape index (κ1) is 22.4. The first-order valence-electron chi connectivity index (χ1n) is 8.87. The lowest BCUT2D eigenvalue weighted by Gasteiger charge is -2.08. The zero-order valence-electron chi connectivity index (χ0n) is 15.7. The second-order valence-corrected chi connectivity index (χ2v) is 8.21. The molecule has 0 saturated carbocycles. The van der Waals surface area contributed by atoms with Gasteiger partial charge < -0.3 is 10.1 Å². The average molecular weight is 481 g/mol. The number of carbonyl (C=O) groups excluding carboxylic acids is 2. The molecule has 0 saturated heterocycles. The Morgan fingerprint density at radius 2 is 1.80 bits per heavy atom. The first-order valence-corrected chi connectivity index (χ1v) is 10.9. The summed E-state index contributed by atoms with van der Waals surface area (Å²) in [5.41, 5.74) is 2.49. The lowest BCUT2D eigenvalue weighted by atomic mass is 10.0. The van der Waals surface area contributed by atoms with Gasteiger partial charge >= 0.3 is 5.97 Å². The Labute approximate surface area is 193 Å². The molecule has 3 aromatic rings. The van der Waals surface area contributed by atoms with E-state index in [-0.39, 0.29) is 6.61 Å². The van der Waals surface area contributed by atoms with E-state index >= 15 is 0 Å². The standard InChI is InChI=1S/C22H16Cl3NO3S/c1-2-29-22(28)20-16(14-5-7-15(23)8-6-14)12-30-21(20)26-19(27)10-4-13-3-9-17(24)18(25)11-13/h3-12H,2H2,1H3,(H,26,27). The summed E-state index contributed by atoms with van der Waals surface area (Å²) in [5, 5.41) is 6.38. The van der Waals surface area contributed by atoms with Crippen molar-refractivity contribution in [3.8, 4) is 11.1 Å². The van der Waals surface area contributed by atoms with Crippen molar-refractivity contribution >= 4 is 69.1 Å². The minimum Gasteiger partial charge on any atom is -0.462 e. The maximum Gasteiger partial charge on any atom is 0.341 e. The summed E-state index contributed by atoms with van der Waals surface area (Å²) >= 11 is 19.1. The third-order valence-corrected chi connectivity index (χ3v) is 5.92. The van der Waals surface area contributed by atoms with E-state index in [2.05, 4.69) is 5.32 Å². The van der Waals surface area contributed by atoms with Crippen LogP contribution in [0.15, 0.2) is 53.9 Å². The van der Waals surface area contributed by atoms with Gasteiger partial charge in [-0.25, -0.2) is 4.79 Å². The van der Waals surface area contributed by atoms with Crippen LogP contribution in [-0.2, 0) is 9.53 Å². The van der Waals surface area contributed by atoms with Crippen molar-refractivity contribution in [1.82, 2.24) is 0 Å². The molecule has 0 aliphatic heterocycles. The number of carbonyl (C=O) groups is 2. The van der Waals surface area contributed by atoms with E-state index in [1.807, 2.05) is 12.1 Å². The number of halogens is 3. The summed E-state index contributed by atoms with van der Waals surface area (Å²) in [6, 6.07) is 12.1. The number of ether oxygens (including phenoxy) is 1. The van der Waals surface area contributed by atoms with Crippen LogP contribution in [0, 0.1) is 0 Å². The largest absolute Gasteiger partial charge is 0.462 e. The molecule has 0 spiro atoms. The predicted octanol–water partition coefficient (Wildman–Crippen LogP) is 7.20. The molecule has 0 radical (unpaired) electrons. The minimum atomic E-state index is -0.507. The molecule has 30 heavy (non-hydrogen) atoms. The lowest BCUT2D eigenvalue weighted by molar-refractivity contribution is -0.111. The number of nitrogens with one attached hydrogen (secondary N) is 1. The number of amides is 1. The van der Waals surface area contributed by atoms with Crippen molar-refractivity contribution in [3.63, 3.8) is 0 Å². The zero-order chi connectivity index (χ0) is 21.7. The monoisotopic (exact) mass is 479 g/mol. The minimum absolute atomic E-state index is 0.222. The van der Waals surface area contributed by atoms with E-state index in [0.29, 0.717) is 31.2 Å². The number of rotatable bonds is 6. The molecule has 154 valence electrons. The molecule has 0 fully saturated rings. The third-order valence-electron chi connectivity index (χ3n) is 4.03. The van der Waals surface area contributed by atoms with Gasteiger partial charge in [-0.2, -0.15) is 0 Å². The fraction of sp³-hybridized carbons (Fsp3) is 0.0909. The Bertz CT molecular complexity index is 1110. The summed E-state index contributed by atoms with van der Waals surface area (Å²) in [4.78, 5) is 25.0. The fourth-order valence-electron chi connectivity index (χ4n) is 2.64. The quantitative estimate of drug-likeness (QED) is 0.300. The molecule has 4 nitrogen and oxygen atoms in total. The van der Waals surface area contributed by atoms with E-state index in [1.165, 1.54) is 17.4 Å². The molecule has 0 unspecified atom stereocenters. The molecule has 1 N–H and O–H groups in total. The van der Waals surface area contributed by atoms with Crippen molar-refractivity contribution in [2.24, 2.45) is 0 Å². The Hall–Kier alpha value is -2.31. The zero-order valence-corrected chi connectivity index (χ0v) is 18.8. The molecular formula is C22H16Cl3NO3S. The number of esters is 1. The predicted molar refractivity (Wildman–Crippen MR) is 125 cm³/mol. The molecule has 3 rings (SSSR count). The molecule has 1 aromatic heterocycles. The highest BCUT2D eigenvalue weighted by atomic mass is 35.5. The van der Waals surface area contributed by atoms with Gasteiger partial charge in [0.1, 0.15) is 10.6 Å². The van der Waals surface area contributed by atoms with E-state index in [1.54, 1.807) is 48.7 Å². The Morgan fingerprint density at radius 3 is 2.47 bits per heavy atom. The topological polar surface area (TPSA) is 55.4 Å². The number of anilines is 1. The van der Waals surface area contributed by atoms with Gasteiger partial charge in [0.2, 0.25) is 5.91 Å². The van der Waals surface area contributed by atoms with E-state index in [4.69, 9.17) is 39.5 Å². The number of hydrogen-bond acceptors (Lipinski definition) is 4. The van der Waals surface area contributed by atoms with E-state index in [9.17, 15) is 9.59 Å². The van der Waals surface area contributed by atoms with Gasteiger partial charge in [0.15, 0.2) is 0 Å².